The molecule has 2 N–H and O–H groups in total. The van der Waals surface area contributed by atoms with Crippen LogP contribution < -0.4 is 0 Å². The molecule has 17 heteroatoms. The zero-order chi connectivity index (χ0) is 61.7. The van der Waals surface area contributed by atoms with Crippen LogP contribution in [0, 0.1) is 47.3 Å². The van der Waals surface area contributed by atoms with Gasteiger partial charge in [0, 0.05) is 24.7 Å². The van der Waals surface area contributed by atoms with E-state index in [2.05, 4.69) is 69.2 Å². The number of benzene rings is 4. The maximum atomic E-state index is 12.7. The van der Waals surface area contributed by atoms with Gasteiger partial charge in [0.05, 0.1) is 76.8 Å². The van der Waals surface area contributed by atoms with Crippen LogP contribution in [0.25, 0.3) is 0 Å². The first kappa shape index (κ1) is 67.2. The molecule has 5 aliphatic heterocycles. The van der Waals surface area contributed by atoms with Crippen molar-refractivity contribution in [2.24, 2.45) is 47.3 Å². The fraction of sp³-hybridized carbons (Fsp3) is 0.643. The molecule has 480 valence electrons. The minimum atomic E-state index is -1.40. The molecule has 5 aliphatic rings. The van der Waals surface area contributed by atoms with Gasteiger partial charge in [-0.25, -0.2) is 0 Å². The molecule has 17 nitrogen and oxygen atoms in total. The number of carbonyl (C=O) groups is 1. The van der Waals surface area contributed by atoms with E-state index in [1.807, 2.05) is 121 Å². The van der Waals surface area contributed by atoms with E-state index in [-0.39, 0.29) is 72.8 Å². The lowest BCUT2D eigenvalue weighted by molar-refractivity contribution is -0.390. The number of carbonyl (C=O) groups excluding carboxylic acids is 1. The largest absolute Gasteiger partial charge is 0.457 e. The fourth-order valence-electron chi connectivity index (χ4n) is 13.0. The van der Waals surface area contributed by atoms with Crippen molar-refractivity contribution < 1.29 is 81.3 Å². The van der Waals surface area contributed by atoms with Crippen LogP contribution >= 0.6 is 0 Å². The molecule has 0 bridgehead atoms. The van der Waals surface area contributed by atoms with Gasteiger partial charge in [-0.05, 0) is 64.7 Å². The summed E-state index contributed by atoms with van der Waals surface area (Å²) in [6.07, 6.45) is -12.1. The molecule has 0 aliphatic carbocycles. The molecule has 4 aromatic carbocycles. The molecule has 0 radical (unpaired) electrons. The second kappa shape index (κ2) is 32.2. The molecule has 0 saturated carbocycles. The quantitative estimate of drug-likeness (QED) is 0.0565. The van der Waals surface area contributed by atoms with Gasteiger partial charge in [-0.2, -0.15) is 0 Å². The molecule has 0 spiro atoms. The van der Waals surface area contributed by atoms with Crippen LogP contribution in [-0.4, -0.2) is 141 Å². The third kappa shape index (κ3) is 16.8. The second-order valence-electron chi connectivity index (χ2n) is 25.1. The van der Waals surface area contributed by atoms with Crippen molar-refractivity contribution in [1.29, 1.82) is 0 Å². The minimum Gasteiger partial charge on any atom is -0.457 e. The Morgan fingerprint density at radius 2 is 0.770 bits per heavy atom. The van der Waals surface area contributed by atoms with Gasteiger partial charge in [0.2, 0.25) is 0 Å². The van der Waals surface area contributed by atoms with E-state index in [0.717, 1.165) is 22.3 Å². The third-order valence-electron chi connectivity index (χ3n) is 19.3. The summed E-state index contributed by atoms with van der Waals surface area (Å²) in [5.41, 5.74) is 3.98. The van der Waals surface area contributed by atoms with Gasteiger partial charge >= 0.3 is 5.97 Å². The first-order valence-electron chi connectivity index (χ1n) is 32.0. The zero-order valence-electron chi connectivity index (χ0n) is 52.9. The van der Waals surface area contributed by atoms with E-state index < -0.39 is 105 Å². The molecule has 9 rings (SSSR count). The van der Waals surface area contributed by atoms with Gasteiger partial charge < -0.3 is 76.5 Å². The lowest BCUT2D eigenvalue weighted by Gasteiger charge is -2.52. The molecule has 10 unspecified atom stereocenters. The Kier molecular flexibility index (Phi) is 24.8. The summed E-state index contributed by atoms with van der Waals surface area (Å²) < 4.78 is 95.0. The molecule has 87 heavy (non-hydrogen) atoms. The first-order valence-corrected chi connectivity index (χ1v) is 32.0. The van der Waals surface area contributed by atoms with E-state index in [1.54, 1.807) is 0 Å². The molecular formula is C70H98O17. The van der Waals surface area contributed by atoms with Gasteiger partial charge in [-0.1, -0.05) is 191 Å². The van der Waals surface area contributed by atoms with Crippen molar-refractivity contribution in [1.82, 2.24) is 0 Å². The minimum absolute atomic E-state index is 0.00450. The van der Waals surface area contributed by atoms with Crippen molar-refractivity contribution in [3.8, 4) is 0 Å². The van der Waals surface area contributed by atoms with Crippen molar-refractivity contribution in [3.63, 3.8) is 0 Å². The van der Waals surface area contributed by atoms with Gasteiger partial charge in [-0.3, -0.25) is 4.79 Å². The average molecular weight is 1210 g/mol. The standard InChI is InChI=1S/C70H98O17/c1-12-54-41(3)43(5)63(86-67-48(10)46(8)60(55(13-2)80-67)84-68-62(78-49(11)72)44(6)42(4)57(82-68)39-74-35-50-26-18-14-19-27-50)69(79-54)87-64-59(73)56(34-71)81-70(65(64)76-37-52-30-22-16-23-31-52)85-61-45(7)47(9)66(77-38-53-32-24-17-25-33-53)83-58(61)40-75-36-51-28-20-15-21-29-51/h14-33,41-48,54-71,73H,12-13,34-40H2,1-11H3/t41-,42-,43?,44+,45-,46-,47?,48?,54?,55?,56?,57?,58?,59-,60+,61+,62?,63+,64+,65?,66-,67+,68+,69+,70+/m1/s1. The summed E-state index contributed by atoms with van der Waals surface area (Å²) in [5.74, 6) is -1.32. The number of aliphatic hydroxyl groups excluding tert-OH is 2. The number of ether oxygens (including phenoxy) is 14. The number of esters is 1. The van der Waals surface area contributed by atoms with Crippen LogP contribution in [0.1, 0.15) is 111 Å². The number of hydrogen-bond donors (Lipinski definition) is 2. The Morgan fingerprint density at radius 1 is 0.391 bits per heavy atom. The number of rotatable bonds is 26. The second-order valence-corrected chi connectivity index (χ2v) is 25.1. The molecule has 25 atom stereocenters. The third-order valence-corrected chi connectivity index (χ3v) is 19.3. The van der Waals surface area contributed by atoms with Crippen molar-refractivity contribution >= 4 is 5.97 Å². The van der Waals surface area contributed by atoms with Crippen molar-refractivity contribution in [2.45, 2.75) is 220 Å². The maximum Gasteiger partial charge on any atom is 0.303 e. The Balaban J connectivity index is 0.961. The van der Waals surface area contributed by atoms with E-state index in [4.69, 9.17) is 66.3 Å². The normalized spacial score (nSPS) is 38.2. The summed E-state index contributed by atoms with van der Waals surface area (Å²) in [5, 5.41) is 23.5. The first-order chi connectivity index (χ1) is 42.1. The van der Waals surface area contributed by atoms with Crippen LogP contribution in [0.15, 0.2) is 121 Å². The van der Waals surface area contributed by atoms with Crippen LogP contribution in [0.4, 0.5) is 0 Å². The van der Waals surface area contributed by atoms with E-state index >= 15 is 0 Å². The highest BCUT2D eigenvalue weighted by Crippen LogP contribution is 2.44. The Bertz CT molecular complexity index is 2620. The molecule has 0 amide bonds. The number of aliphatic hydroxyl groups is 2. The van der Waals surface area contributed by atoms with Crippen LogP contribution in [0.5, 0.6) is 0 Å². The molecule has 0 aromatic heterocycles. The van der Waals surface area contributed by atoms with E-state index in [0.29, 0.717) is 39.3 Å². The average Bonchev–Trinajstić information content (AvgIpc) is 1.97. The van der Waals surface area contributed by atoms with Crippen molar-refractivity contribution in [2.75, 3.05) is 19.8 Å². The maximum absolute atomic E-state index is 12.7. The number of hydrogen-bond acceptors (Lipinski definition) is 17. The SMILES string of the molecule is CCC1O[C@@H](O[C@@H]2C(OCc3ccccc3)[C@H](O[C@@H]3C(COCc4ccccc4)O[C@@H](OCc4ccccc4)C(C)[C@H]3C)OC(CO)[C@H]2O)[C@@H](O[C@@H]2OC(CC)[C@@H](O[C@@H]3OC(COCc4ccccc4)[C@H](C)[C@H](C)C3OC(C)=O)[C@H](C)C2C)C(C)[C@H]1C. The van der Waals surface area contributed by atoms with Gasteiger partial charge in [-0.15, -0.1) is 0 Å². The Hall–Kier alpha value is -4.25. The van der Waals surface area contributed by atoms with Gasteiger partial charge in [0.25, 0.3) is 0 Å². The highest BCUT2D eigenvalue weighted by Gasteiger charge is 2.56. The molecule has 5 saturated heterocycles. The molecular weight excluding hydrogens is 1110 g/mol. The highest BCUT2D eigenvalue weighted by molar-refractivity contribution is 5.66. The lowest BCUT2D eigenvalue weighted by Crippen LogP contribution is -2.65. The topological polar surface area (TPSA) is 187 Å². The predicted molar refractivity (Wildman–Crippen MR) is 324 cm³/mol. The Morgan fingerprint density at radius 3 is 1.30 bits per heavy atom. The summed E-state index contributed by atoms with van der Waals surface area (Å²) in [6.45, 7) is 23.7. The zero-order valence-corrected chi connectivity index (χ0v) is 52.9. The Labute approximate surface area is 516 Å². The summed E-state index contributed by atoms with van der Waals surface area (Å²) in [7, 11) is 0. The van der Waals surface area contributed by atoms with E-state index in [9.17, 15) is 15.0 Å². The fourth-order valence-corrected chi connectivity index (χ4v) is 13.0. The summed E-state index contributed by atoms with van der Waals surface area (Å²) >= 11 is 0. The summed E-state index contributed by atoms with van der Waals surface area (Å²) in [4.78, 5) is 12.7. The van der Waals surface area contributed by atoms with Crippen LogP contribution in [0.2, 0.25) is 0 Å². The summed E-state index contributed by atoms with van der Waals surface area (Å²) in [6, 6.07) is 39.7. The smallest absolute Gasteiger partial charge is 0.303 e. The monoisotopic (exact) mass is 1210 g/mol. The molecule has 5 heterocycles. The van der Waals surface area contributed by atoms with Crippen molar-refractivity contribution in [3.05, 3.63) is 144 Å². The van der Waals surface area contributed by atoms with Gasteiger partial charge in [0.15, 0.2) is 37.6 Å². The molecule has 4 aromatic rings. The van der Waals surface area contributed by atoms with Crippen LogP contribution in [0.3, 0.4) is 0 Å². The van der Waals surface area contributed by atoms with Crippen LogP contribution in [-0.2, 0) is 97.5 Å². The predicted octanol–water partition coefficient (Wildman–Crippen LogP) is 10.6. The highest BCUT2D eigenvalue weighted by atomic mass is 16.8. The van der Waals surface area contributed by atoms with Gasteiger partial charge in [0.1, 0.15) is 36.6 Å². The van der Waals surface area contributed by atoms with E-state index in [1.165, 1.54) is 6.92 Å². The molecule has 5 fully saturated rings. The lowest BCUT2D eigenvalue weighted by atomic mass is 9.81.